The Bertz CT molecular complexity index is 639. The van der Waals surface area contributed by atoms with Gasteiger partial charge >= 0.3 is 0 Å². The van der Waals surface area contributed by atoms with Crippen LogP contribution in [-0.2, 0) is 11.3 Å². The van der Waals surface area contributed by atoms with Crippen LogP contribution < -0.4 is 0 Å². The second kappa shape index (κ2) is 7.87. The summed E-state index contributed by atoms with van der Waals surface area (Å²) in [6, 6.07) is 7.42. The van der Waals surface area contributed by atoms with Crippen molar-refractivity contribution in [2.24, 2.45) is 0 Å². The Balaban J connectivity index is 2.16. The van der Waals surface area contributed by atoms with E-state index in [-0.39, 0.29) is 11.9 Å². The molecule has 0 aliphatic heterocycles. The molecule has 0 saturated carbocycles. The van der Waals surface area contributed by atoms with Gasteiger partial charge in [-0.2, -0.15) is 5.10 Å². The number of aromatic nitrogens is 3. The van der Waals surface area contributed by atoms with Crippen LogP contribution in [0.4, 0.5) is 0 Å². The van der Waals surface area contributed by atoms with Crippen molar-refractivity contribution in [3.8, 4) is 0 Å². The Hall–Kier alpha value is -2.21. The van der Waals surface area contributed by atoms with E-state index in [4.69, 9.17) is 4.74 Å². The fourth-order valence-corrected chi connectivity index (χ4v) is 2.36. The molecule has 0 saturated heterocycles. The minimum Gasteiger partial charge on any atom is -0.380 e. The Morgan fingerprint density at radius 1 is 1.43 bits per heavy atom. The van der Waals surface area contributed by atoms with Gasteiger partial charge in [0.1, 0.15) is 5.69 Å². The number of hydrogen-bond donors (Lipinski definition) is 0. The van der Waals surface area contributed by atoms with E-state index in [0.29, 0.717) is 25.5 Å². The molecule has 124 valence electrons. The van der Waals surface area contributed by atoms with Gasteiger partial charge in [-0.3, -0.25) is 14.5 Å². The number of rotatable bonds is 7. The van der Waals surface area contributed by atoms with Gasteiger partial charge in [-0.25, -0.2) is 0 Å². The summed E-state index contributed by atoms with van der Waals surface area (Å²) in [7, 11) is 1.79. The molecule has 1 atom stereocenters. The Kier molecular flexibility index (Phi) is 5.87. The predicted molar refractivity (Wildman–Crippen MR) is 88.2 cm³/mol. The maximum absolute atomic E-state index is 12.8. The molecule has 0 fully saturated rings. The molecule has 0 unspecified atom stereocenters. The van der Waals surface area contributed by atoms with Crippen LogP contribution in [0.2, 0.25) is 0 Å². The number of carbonyl (C=O) groups excluding carboxylic acids is 1. The lowest BCUT2D eigenvalue weighted by Crippen LogP contribution is -2.32. The van der Waals surface area contributed by atoms with Crippen molar-refractivity contribution in [1.29, 1.82) is 0 Å². The zero-order chi connectivity index (χ0) is 16.8. The van der Waals surface area contributed by atoms with Gasteiger partial charge < -0.3 is 9.64 Å². The lowest BCUT2D eigenvalue weighted by atomic mass is 10.2. The molecule has 0 bridgehead atoms. The molecular formula is C17H24N4O2. The van der Waals surface area contributed by atoms with Gasteiger partial charge in [-0.05, 0) is 39.0 Å². The molecule has 23 heavy (non-hydrogen) atoms. The fourth-order valence-electron chi connectivity index (χ4n) is 2.36. The molecule has 0 N–H and O–H groups in total. The van der Waals surface area contributed by atoms with Crippen LogP contribution in [0.1, 0.15) is 41.8 Å². The smallest absolute Gasteiger partial charge is 0.272 e. The number of aryl methyl sites for hydroxylation is 1. The lowest BCUT2D eigenvalue weighted by molar-refractivity contribution is 0.0721. The Morgan fingerprint density at radius 2 is 2.22 bits per heavy atom. The highest BCUT2D eigenvalue weighted by molar-refractivity contribution is 5.92. The molecule has 6 nitrogen and oxygen atoms in total. The van der Waals surface area contributed by atoms with E-state index in [1.807, 2.05) is 45.0 Å². The molecule has 2 heterocycles. The van der Waals surface area contributed by atoms with Crippen LogP contribution in [0.3, 0.4) is 0 Å². The monoisotopic (exact) mass is 316 g/mol. The first-order chi connectivity index (χ1) is 11.0. The normalized spacial score (nSPS) is 12.2. The van der Waals surface area contributed by atoms with E-state index in [1.165, 1.54) is 0 Å². The summed E-state index contributed by atoms with van der Waals surface area (Å²) in [5, 5.41) is 4.39. The van der Waals surface area contributed by atoms with Gasteiger partial charge in [0.15, 0.2) is 0 Å². The molecule has 0 spiro atoms. The van der Waals surface area contributed by atoms with Gasteiger partial charge in [0.2, 0.25) is 0 Å². The summed E-state index contributed by atoms with van der Waals surface area (Å²) in [4.78, 5) is 18.8. The second-order valence-corrected chi connectivity index (χ2v) is 5.44. The number of ether oxygens (including phenoxy) is 1. The summed E-state index contributed by atoms with van der Waals surface area (Å²) < 4.78 is 7.08. The maximum atomic E-state index is 12.8. The molecule has 2 rings (SSSR count). The molecule has 1 amide bonds. The molecule has 2 aromatic heterocycles. The highest BCUT2D eigenvalue weighted by atomic mass is 16.5. The van der Waals surface area contributed by atoms with Gasteiger partial charge in [-0.15, -0.1) is 0 Å². The third-order valence-electron chi connectivity index (χ3n) is 3.79. The zero-order valence-electron chi connectivity index (χ0n) is 14.2. The summed E-state index contributed by atoms with van der Waals surface area (Å²) >= 11 is 0. The van der Waals surface area contributed by atoms with Crippen molar-refractivity contribution in [3.05, 3.63) is 47.5 Å². The summed E-state index contributed by atoms with van der Waals surface area (Å²) in [5.74, 6) is -0.0692. The van der Waals surface area contributed by atoms with Crippen LogP contribution in [0.15, 0.2) is 30.5 Å². The molecule has 0 radical (unpaired) electrons. The van der Waals surface area contributed by atoms with Crippen molar-refractivity contribution in [2.75, 3.05) is 20.3 Å². The van der Waals surface area contributed by atoms with Crippen molar-refractivity contribution >= 4 is 5.91 Å². The second-order valence-electron chi connectivity index (χ2n) is 5.44. The molecule has 6 heteroatoms. The molecule has 0 aliphatic rings. The standard InChI is InChI=1S/C17H24N4O2/c1-5-23-11-10-21-16(12-13(2)19-21)17(22)20(4)14(3)15-8-6-7-9-18-15/h6-9,12,14H,5,10-11H2,1-4H3/t14-/m0/s1. The molecule has 0 aromatic carbocycles. The minimum absolute atomic E-state index is 0.0692. The van der Waals surface area contributed by atoms with E-state index in [0.717, 1.165) is 11.4 Å². The summed E-state index contributed by atoms with van der Waals surface area (Å²) in [6.45, 7) is 7.55. The first kappa shape index (κ1) is 17.1. The van der Waals surface area contributed by atoms with Gasteiger partial charge in [0.25, 0.3) is 5.91 Å². The van der Waals surface area contributed by atoms with E-state index in [9.17, 15) is 4.79 Å². The Morgan fingerprint density at radius 3 is 2.87 bits per heavy atom. The van der Waals surface area contributed by atoms with E-state index in [2.05, 4.69) is 10.1 Å². The number of pyridine rings is 1. The molecular weight excluding hydrogens is 292 g/mol. The molecule has 2 aromatic rings. The zero-order valence-corrected chi connectivity index (χ0v) is 14.2. The van der Waals surface area contributed by atoms with Crippen molar-refractivity contribution in [1.82, 2.24) is 19.7 Å². The third-order valence-corrected chi connectivity index (χ3v) is 3.79. The van der Waals surface area contributed by atoms with Gasteiger partial charge in [-0.1, -0.05) is 6.07 Å². The first-order valence-electron chi connectivity index (χ1n) is 7.84. The summed E-state index contributed by atoms with van der Waals surface area (Å²) in [5.41, 5.74) is 2.26. The lowest BCUT2D eigenvalue weighted by Gasteiger charge is -2.24. The minimum atomic E-state index is -0.112. The van der Waals surface area contributed by atoms with Gasteiger partial charge in [0, 0.05) is 19.9 Å². The highest BCUT2D eigenvalue weighted by Crippen LogP contribution is 2.19. The maximum Gasteiger partial charge on any atom is 0.272 e. The van der Waals surface area contributed by atoms with E-state index >= 15 is 0 Å². The van der Waals surface area contributed by atoms with E-state index < -0.39 is 0 Å². The topological polar surface area (TPSA) is 60.3 Å². The number of hydrogen-bond acceptors (Lipinski definition) is 4. The van der Waals surface area contributed by atoms with Crippen molar-refractivity contribution in [3.63, 3.8) is 0 Å². The third kappa shape index (κ3) is 4.16. The van der Waals surface area contributed by atoms with Crippen LogP contribution in [-0.4, -0.2) is 45.8 Å². The molecule has 0 aliphatic carbocycles. The number of carbonyl (C=O) groups is 1. The van der Waals surface area contributed by atoms with Crippen molar-refractivity contribution < 1.29 is 9.53 Å². The predicted octanol–water partition coefficient (Wildman–Crippen LogP) is 2.46. The number of nitrogens with zero attached hydrogens (tertiary/aromatic N) is 4. The van der Waals surface area contributed by atoms with Crippen LogP contribution in [0, 0.1) is 6.92 Å². The van der Waals surface area contributed by atoms with E-state index in [1.54, 1.807) is 22.8 Å². The van der Waals surface area contributed by atoms with Crippen molar-refractivity contribution in [2.45, 2.75) is 33.4 Å². The van der Waals surface area contributed by atoms with Crippen LogP contribution >= 0.6 is 0 Å². The first-order valence-corrected chi connectivity index (χ1v) is 7.84. The summed E-state index contributed by atoms with van der Waals surface area (Å²) in [6.07, 6.45) is 1.74. The number of amides is 1. The van der Waals surface area contributed by atoms with Crippen LogP contribution in [0.25, 0.3) is 0 Å². The SMILES string of the molecule is CCOCCn1nc(C)cc1C(=O)N(C)[C@@H](C)c1ccccn1. The average molecular weight is 316 g/mol. The largest absolute Gasteiger partial charge is 0.380 e. The quantitative estimate of drug-likeness (QED) is 0.736. The Labute approximate surface area is 137 Å². The average Bonchev–Trinajstić information content (AvgIpc) is 2.94. The fraction of sp³-hybridized carbons (Fsp3) is 0.471. The highest BCUT2D eigenvalue weighted by Gasteiger charge is 2.23. The van der Waals surface area contributed by atoms with Crippen LogP contribution in [0.5, 0.6) is 0 Å². The van der Waals surface area contributed by atoms with Gasteiger partial charge in [0.05, 0.1) is 30.6 Å².